The number of rotatable bonds is 3. The second kappa shape index (κ2) is 5.54. The van der Waals surface area contributed by atoms with E-state index < -0.39 is 0 Å². The average molecular weight is 271 g/mol. The first-order valence-electron chi connectivity index (χ1n) is 7.03. The summed E-state index contributed by atoms with van der Waals surface area (Å²) < 4.78 is 1.86. The van der Waals surface area contributed by atoms with E-state index in [0.29, 0.717) is 0 Å². The Bertz CT molecular complexity index is 569. The zero-order valence-electron chi connectivity index (χ0n) is 11.9. The molecule has 1 aliphatic heterocycles. The van der Waals surface area contributed by atoms with Crippen molar-refractivity contribution in [3.05, 3.63) is 42.2 Å². The van der Waals surface area contributed by atoms with Gasteiger partial charge in [0, 0.05) is 46.0 Å². The second-order valence-corrected chi connectivity index (χ2v) is 5.30. The van der Waals surface area contributed by atoms with Crippen LogP contribution in [-0.4, -0.2) is 40.9 Å². The molecule has 2 heterocycles. The molecule has 0 radical (unpaired) electrons. The van der Waals surface area contributed by atoms with Crippen molar-refractivity contribution in [2.75, 3.05) is 36.8 Å². The fourth-order valence-corrected chi connectivity index (χ4v) is 2.70. The Morgan fingerprint density at radius 2 is 1.85 bits per heavy atom. The fraction of sp³-hybridized carbons (Fsp3) is 0.400. The van der Waals surface area contributed by atoms with E-state index in [1.807, 2.05) is 36.1 Å². The van der Waals surface area contributed by atoms with Crippen LogP contribution in [0.2, 0.25) is 0 Å². The number of aromatic nitrogens is 2. The van der Waals surface area contributed by atoms with Gasteiger partial charge < -0.3 is 10.6 Å². The average Bonchev–Trinajstić information content (AvgIpc) is 2.86. The first-order valence-corrected chi connectivity index (χ1v) is 7.03. The topological polar surface area (TPSA) is 50.3 Å². The maximum absolute atomic E-state index is 6.04. The Labute approximate surface area is 119 Å². The predicted octanol–water partition coefficient (Wildman–Crippen LogP) is 1.32. The number of nitrogens with two attached hydrogens (primary N) is 1. The van der Waals surface area contributed by atoms with E-state index in [9.17, 15) is 0 Å². The molecule has 1 fully saturated rings. The predicted molar refractivity (Wildman–Crippen MR) is 81.6 cm³/mol. The van der Waals surface area contributed by atoms with Gasteiger partial charge in [0.1, 0.15) is 0 Å². The fourth-order valence-electron chi connectivity index (χ4n) is 2.70. The molecule has 0 amide bonds. The van der Waals surface area contributed by atoms with Crippen LogP contribution in [0.15, 0.2) is 36.5 Å². The van der Waals surface area contributed by atoms with Gasteiger partial charge in [-0.05, 0) is 18.2 Å². The number of anilines is 2. The molecule has 0 atom stereocenters. The Hall–Kier alpha value is -2.01. The molecule has 0 bridgehead atoms. The first kappa shape index (κ1) is 13.0. The molecule has 0 spiro atoms. The van der Waals surface area contributed by atoms with Crippen molar-refractivity contribution in [2.24, 2.45) is 7.05 Å². The molecule has 2 aromatic rings. The number of hydrogen-bond acceptors (Lipinski definition) is 4. The van der Waals surface area contributed by atoms with Gasteiger partial charge in [-0.3, -0.25) is 9.58 Å². The summed E-state index contributed by atoms with van der Waals surface area (Å²) in [5.41, 5.74) is 9.21. The van der Waals surface area contributed by atoms with E-state index in [4.69, 9.17) is 5.73 Å². The van der Waals surface area contributed by atoms with Crippen molar-refractivity contribution >= 4 is 11.4 Å². The number of aryl methyl sites for hydroxylation is 1. The van der Waals surface area contributed by atoms with Crippen molar-refractivity contribution in [3.63, 3.8) is 0 Å². The number of para-hydroxylation sites is 2. The summed E-state index contributed by atoms with van der Waals surface area (Å²) in [5, 5.41) is 4.44. The van der Waals surface area contributed by atoms with Gasteiger partial charge >= 0.3 is 0 Å². The van der Waals surface area contributed by atoms with Gasteiger partial charge in [-0.2, -0.15) is 5.10 Å². The lowest BCUT2D eigenvalue weighted by molar-refractivity contribution is 0.246. The molecule has 106 valence electrons. The third kappa shape index (κ3) is 2.77. The second-order valence-electron chi connectivity index (χ2n) is 5.30. The molecule has 20 heavy (non-hydrogen) atoms. The first-order chi connectivity index (χ1) is 9.72. The lowest BCUT2D eigenvalue weighted by Gasteiger charge is -2.36. The van der Waals surface area contributed by atoms with Crippen LogP contribution in [0.1, 0.15) is 5.69 Å². The highest BCUT2D eigenvalue weighted by molar-refractivity contribution is 5.67. The maximum atomic E-state index is 6.04. The molecule has 1 aromatic carbocycles. The van der Waals surface area contributed by atoms with Gasteiger partial charge in [0.2, 0.25) is 0 Å². The summed E-state index contributed by atoms with van der Waals surface area (Å²) in [7, 11) is 1.96. The molecule has 1 saturated heterocycles. The quantitative estimate of drug-likeness (QED) is 0.856. The summed E-state index contributed by atoms with van der Waals surface area (Å²) in [6, 6.07) is 10.2. The lowest BCUT2D eigenvalue weighted by Crippen LogP contribution is -2.46. The third-order valence-corrected chi connectivity index (χ3v) is 3.80. The van der Waals surface area contributed by atoms with Crippen molar-refractivity contribution in [2.45, 2.75) is 6.54 Å². The number of piperazine rings is 1. The van der Waals surface area contributed by atoms with E-state index >= 15 is 0 Å². The molecule has 5 nitrogen and oxygen atoms in total. The molecule has 1 aliphatic rings. The van der Waals surface area contributed by atoms with E-state index in [-0.39, 0.29) is 0 Å². The highest BCUT2D eigenvalue weighted by Gasteiger charge is 2.18. The van der Waals surface area contributed by atoms with Gasteiger partial charge in [-0.1, -0.05) is 12.1 Å². The summed E-state index contributed by atoms with van der Waals surface area (Å²) in [6.07, 6.45) is 2.00. The van der Waals surface area contributed by atoms with Crippen molar-refractivity contribution in [1.82, 2.24) is 14.7 Å². The monoisotopic (exact) mass is 271 g/mol. The molecule has 2 N–H and O–H groups in total. The van der Waals surface area contributed by atoms with Crippen LogP contribution >= 0.6 is 0 Å². The minimum Gasteiger partial charge on any atom is -0.397 e. The van der Waals surface area contributed by atoms with Gasteiger partial charge in [0.25, 0.3) is 0 Å². The Morgan fingerprint density at radius 3 is 2.50 bits per heavy atom. The highest BCUT2D eigenvalue weighted by Crippen LogP contribution is 2.23. The summed E-state index contributed by atoms with van der Waals surface area (Å²) in [6.45, 7) is 5.05. The number of hydrogen-bond donors (Lipinski definition) is 1. The standard InChI is InChI=1S/C15H21N5/c1-18-7-6-13(17-18)12-19-8-10-20(11-9-19)15-5-3-2-4-14(15)16/h2-7H,8-12,16H2,1H3. The van der Waals surface area contributed by atoms with Crippen molar-refractivity contribution in [1.29, 1.82) is 0 Å². The van der Waals surface area contributed by atoms with E-state index in [1.165, 1.54) is 0 Å². The number of nitrogen functional groups attached to an aromatic ring is 1. The molecule has 5 heteroatoms. The molecule has 0 unspecified atom stereocenters. The summed E-state index contributed by atoms with van der Waals surface area (Å²) in [4.78, 5) is 4.81. The largest absolute Gasteiger partial charge is 0.397 e. The zero-order valence-corrected chi connectivity index (χ0v) is 11.9. The Balaban J connectivity index is 1.58. The molecule has 0 aliphatic carbocycles. The normalized spacial score (nSPS) is 16.6. The number of benzene rings is 1. The van der Waals surface area contributed by atoms with Crippen LogP contribution in [-0.2, 0) is 13.6 Å². The van der Waals surface area contributed by atoms with Crippen LogP contribution in [0.3, 0.4) is 0 Å². The molecular weight excluding hydrogens is 250 g/mol. The van der Waals surface area contributed by atoms with Crippen molar-refractivity contribution in [3.8, 4) is 0 Å². The maximum Gasteiger partial charge on any atom is 0.0764 e. The van der Waals surface area contributed by atoms with Crippen LogP contribution in [0, 0.1) is 0 Å². The van der Waals surface area contributed by atoms with Crippen LogP contribution in [0.5, 0.6) is 0 Å². The molecule has 0 saturated carbocycles. The van der Waals surface area contributed by atoms with Crippen molar-refractivity contribution < 1.29 is 0 Å². The molecule has 3 rings (SSSR count). The van der Waals surface area contributed by atoms with Gasteiger partial charge in [-0.15, -0.1) is 0 Å². The summed E-state index contributed by atoms with van der Waals surface area (Å²) >= 11 is 0. The zero-order chi connectivity index (χ0) is 13.9. The Morgan fingerprint density at radius 1 is 1.10 bits per heavy atom. The van der Waals surface area contributed by atoms with E-state index in [2.05, 4.69) is 27.0 Å². The van der Waals surface area contributed by atoms with Gasteiger partial charge in [0.15, 0.2) is 0 Å². The SMILES string of the molecule is Cn1ccc(CN2CCN(c3ccccc3N)CC2)n1. The Kier molecular flexibility index (Phi) is 3.60. The molecule has 1 aromatic heterocycles. The lowest BCUT2D eigenvalue weighted by atomic mass is 10.2. The third-order valence-electron chi connectivity index (χ3n) is 3.80. The van der Waals surface area contributed by atoms with Gasteiger partial charge in [0.05, 0.1) is 17.1 Å². The van der Waals surface area contributed by atoms with Gasteiger partial charge in [-0.25, -0.2) is 0 Å². The van der Waals surface area contributed by atoms with Crippen LogP contribution < -0.4 is 10.6 Å². The van der Waals surface area contributed by atoms with E-state index in [1.54, 1.807) is 0 Å². The minimum atomic E-state index is 0.866. The smallest absolute Gasteiger partial charge is 0.0764 e. The molecular formula is C15H21N5. The van der Waals surface area contributed by atoms with Crippen LogP contribution in [0.25, 0.3) is 0 Å². The summed E-state index contributed by atoms with van der Waals surface area (Å²) in [5.74, 6) is 0. The highest BCUT2D eigenvalue weighted by atomic mass is 15.3. The number of nitrogens with zero attached hydrogens (tertiary/aromatic N) is 4. The van der Waals surface area contributed by atoms with E-state index in [0.717, 1.165) is 49.8 Å². The minimum absolute atomic E-state index is 0.866. The van der Waals surface area contributed by atoms with Crippen LogP contribution in [0.4, 0.5) is 11.4 Å².